The molecule has 3 amide bonds. The lowest BCUT2D eigenvalue weighted by Gasteiger charge is -2.41. The summed E-state index contributed by atoms with van der Waals surface area (Å²) in [6.07, 6.45) is 2.24. The van der Waals surface area contributed by atoms with Crippen LogP contribution in [0.5, 0.6) is 0 Å². The summed E-state index contributed by atoms with van der Waals surface area (Å²) in [5.41, 5.74) is -1.65. The fraction of sp³-hybridized carbons (Fsp3) is 0.889. The van der Waals surface area contributed by atoms with Gasteiger partial charge in [-0.25, -0.2) is 0 Å². The number of carbonyl (C=O) groups excluding carboxylic acids is 3. The lowest BCUT2D eigenvalue weighted by atomic mass is 9.70. The zero-order valence-electron chi connectivity index (χ0n) is 23.2. The first kappa shape index (κ1) is 29.4. The largest absolute Gasteiger partial charge is 0.394 e. The molecule has 3 N–H and O–H groups in total. The van der Waals surface area contributed by atoms with Crippen molar-refractivity contribution in [1.82, 2.24) is 15.5 Å². The summed E-state index contributed by atoms with van der Waals surface area (Å²) in [5, 5.41) is 16.6. The number of nitrogens with one attached hydrogen (secondary N) is 2. The number of hydrogen-bond donors (Lipinski definition) is 3. The minimum absolute atomic E-state index is 0.0150. The van der Waals surface area contributed by atoms with E-state index in [0.29, 0.717) is 13.0 Å². The van der Waals surface area contributed by atoms with Gasteiger partial charge in [0.15, 0.2) is 0 Å². The first-order valence-electron chi connectivity index (χ1n) is 13.5. The van der Waals surface area contributed by atoms with E-state index in [1.165, 1.54) is 0 Å². The Hall–Kier alpha value is -1.19. The first-order valence-corrected chi connectivity index (χ1v) is 14.4. The third-order valence-corrected chi connectivity index (χ3v) is 8.95. The third-order valence-electron chi connectivity index (χ3n) is 8.11. The van der Waals surface area contributed by atoms with E-state index in [1.54, 1.807) is 4.90 Å². The fourth-order valence-electron chi connectivity index (χ4n) is 6.98. The van der Waals surface area contributed by atoms with Crippen molar-refractivity contribution in [2.45, 2.75) is 115 Å². The van der Waals surface area contributed by atoms with Crippen LogP contribution in [0.15, 0.2) is 0 Å². The van der Waals surface area contributed by atoms with Crippen LogP contribution in [-0.2, 0) is 19.1 Å². The average molecular weight is 573 g/mol. The molecule has 8 nitrogen and oxygen atoms in total. The number of alkyl halides is 1. The van der Waals surface area contributed by atoms with Gasteiger partial charge in [-0.15, -0.1) is 0 Å². The topological polar surface area (TPSA) is 108 Å². The van der Waals surface area contributed by atoms with Crippen molar-refractivity contribution in [1.29, 1.82) is 0 Å². The van der Waals surface area contributed by atoms with E-state index >= 15 is 0 Å². The fourth-order valence-corrected chi connectivity index (χ4v) is 7.92. The van der Waals surface area contributed by atoms with Crippen molar-refractivity contribution in [3.8, 4) is 0 Å². The number of aliphatic hydroxyl groups is 1. The van der Waals surface area contributed by atoms with Crippen LogP contribution in [0.4, 0.5) is 0 Å². The molecule has 0 aromatic heterocycles. The minimum atomic E-state index is -1.12. The van der Waals surface area contributed by atoms with Gasteiger partial charge in [0.1, 0.15) is 11.6 Å². The average Bonchev–Trinajstić information content (AvgIpc) is 3.34. The molecule has 3 aliphatic rings. The van der Waals surface area contributed by atoms with E-state index in [0.717, 1.165) is 19.3 Å². The number of amides is 3. The van der Waals surface area contributed by atoms with E-state index in [2.05, 4.69) is 47.3 Å². The van der Waals surface area contributed by atoms with Crippen molar-refractivity contribution >= 4 is 33.7 Å². The van der Waals surface area contributed by atoms with Crippen LogP contribution in [0.1, 0.15) is 81.1 Å². The Morgan fingerprint density at radius 2 is 1.86 bits per heavy atom. The van der Waals surface area contributed by atoms with E-state index in [4.69, 9.17) is 4.74 Å². The van der Waals surface area contributed by atoms with E-state index < -0.39 is 41.2 Å². The number of likely N-dealkylation sites (tertiary alicyclic amines) is 1. The van der Waals surface area contributed by atoms with Gasteiger partial charge in [0.2, 0.25) is 17.7 Å². The molecule has 1 spiro atoms. The van der Waals surface area contributed by atoms with Gasteiger partial charge in [-0.3, -0.25) is 14.4 Å². The molecule has 0 aromatic carbocycles. The van der Waals surface area contributed by atoms with Crippen LogP contribution >= 0.6 is 15.9 Å². The maximum Gasteiger partial charge on any atom is 0.246 e. The number of carbonyl (C=O) groups is 3. The molecule has 3 saturated heterocycles. The van der Waals surface area contributed by atoms with Crippen LogP contribution in [0.3, 0.4) is 0 Å². The molecule has 2 bridgehead atoms. The summed E-state index contributed by atoms with van der Waals surface area (Å²) >= 11 is 3.70. The van der Waals surface area contributed by atoms with Gasteiger partial charge in [-0.2, -0.15) is 0 Å². The maximum atomic E-state index is 14.2. The van der Waals surface area contributed by atoms with Crippen LogP contribution in [0.25, 0.3) is 0 Å². The molecule has 9 heteroatoms. The Morgan fingerprint density at radius 1 is 1.22 bits per heavy atom. The van der Waals surface area contributed by atoms with Crippen LogP contribution < -0.4 is 10.6 Å². The maximum absolute atomic E-state index is 14.2. The number of aliphatic hydroxyl groups excluding tert-OH is 1. The number of nitrogens with zero attached hydrogens (tertiary/aromatic N) is 1. The summed E-state index contributed by atoms with van der Waals surface area (Å²) in [7, 11) is 0. The molecular weight excluding hydrogens is 526 g/mol. The monoisotopic (exact) mass is 571 g/mol. The smallest absolute Gasteiger partial charge is 0.246 e. The van der Waals surface area contributed by atoms with Crippen LogP contribution in [-0.4, -0.2) is 75.0 Å². The van der Waals surface area contributed by atoms with Crippen molar-refractivity contribution in [3.05, 3.63) is 0 Å². The van der Waals surface area contributed by atoms with Gasteiger partial charge >= 0.3 is 0 Å². The second-order valence-electron chi connectivity index (χ2n) is 12.9. The Balaban J connectivity index is 2.07. The molecule has 3 aliphatic heterocycles. The van der Waals surface area contributed by atoms with Gasteiger partial charge in [0.05, 0.1) is 30.6 Å². The number of rotatable bonds is 10. The predicted octanol–water partition coefficient (Wildman–Crippen LogP) is 3.00. The SMILES string of the molecule is CCCNC(=O)[C@H]1[C@@H]2OC3(CC2Br)C(C(=O)NC(C)(C)CC(C)(C)C)N([C@@H](CO)[C@@H](C)CC)C(=O)[C@H]13. The number of ether oxygens (including phenoxy) is 1. The molecule has 36 heavy (non-hydrogen) atoms. The van der Waals surface area contributed by atoms with Crippen molar-refractivity contribution in [2.75, 3.05) is 13.2 Å². The van der Waals surface area contributed by atoms with E-state index in [-0.39, 0.29) is 40.5 Å². The van der Waals surface area contributed by atoms with Gasteiger partial charge in [-0.05, 0) is 44.4 Å². The van der Waals surface area contributed by atoms with Gasteiger partial charge < -0.3 is 25.4 Å². The molecule has 0 radical (unpaired) electrons. The lowest BCUT2D eigenvalue weighted by molar-refractivity contribution is -0.147. The minimum Gasteiger partial charge on any atom is -0.394 e. The Morgan fingerprint density at radius 3 is 2.39 bits per heavy atom. The molecular formula is C27H46BrN3O5. The molecule has 0 aliphatic carbocycles. The summed E-state index contributed by atoms with van der Waals surface area (Å²) < 4.78 is 6.56. The van der Waals surface area contributed by atoms with Crippen molar-refractivity contribution in [2.24, 2.45) is 23.2 Å². The van der Waals surface area contributed by atoms with Gasteiger partial charge in [0.25, 0.3) is 0 Å². The standard InChI is InChI=1S/C27H46BrN3O5/c1-9-11-29-22(33)18-19-24(35)31(17(13-32)15(3)10-2)21(27(19)12-16(28)20(18)36-27)23(34)30-26(7,8)14-25(4,5)6/h15-21,32H,9-14H2,1-8H3,(H,29,33)(H,30,34)/t15-,16?,17-,18+,19-,20+,21?,27?/m0/s1. The molecule has 0 saturated carbocycles. The summed E-state index contributed by atoms with van der Waals surface area (Å²) in [4.78, 5) is 43.0. The predicted molar refractivity (Wildman–Crippen MR) is 142 cm³/mol. The first-order chi connectivity index (χ1) is 16.6. The summed E-state index contributed by atoms with van der Waals surface area (Å²) in [6.45, 7) is 16.6. The Labute approximate surface area is 224 Å². The Kier molecular flexibility index (Phi) is 8.58. The second kappa shape index (κ2) is 10.5. The zero-order valence-corrected chi connectivity index (χ0v) is 24.8. The second-order valence-corrected chi connectivity index (χ2v) is 14.1. The van der Waals surface area contributed by atoms with Gasteiger partial charge in [0, 0.05) is 16.9 Å². The highest BCUT2D eigenvalue weighted by Gasteiger charge is 2.77. The highest BCUT2D eigenvalue weighted by molar-refractivity contribution is 9.09. The molecule has 8 atom stereocenters. The normalized spacial score (nSPS) is 33.4. The number of fused-ring (bicyclic) bond motifs is 1. The van der Waals surface area contributed by atoms with Crippen molar-refractivity contribution in [3.63, 3.8) is 0 Å². The highest BCUT2D eigenvalue weighted by atomic mass is 79.9. The Bertz CT molecular complexity index is 859. The molecule has 3 unspecified atom stereocenters. The van der Waals surface area contributed by atoms with Crippen LogP contribution in [0.2, 0.25) is 0 Å². The third kappa shape index (κ3) is 5.21. The highest BCUT2D eigenvalue weighted by Crippen LogP contribution is 2.60. The van der Waals surface area contributed by atoms with Crippen LogP contribution in [0, 0.1) is 23.2 Å². The molecule has 3 fully saturated rings. The molecule has 206 valence electrons. The number of hydrogen-bond acceptors (Lipinski definition) is 5. The van der Waals surface area contributed by atoms with E-state index in [9.17, 15) is 19.5 Å². The summed E-state index contributed by atoms with van der Waals surface area (Å²) in [6, 6.07) is -1.46. The summed E-state index contributed by atoms with van der Waals surface area (Å²) in [5.74, 6) is -2.21. The lowest BCUT2D eigenvalue weighted by Crippen LogP contribution is -2.62. The number of halogens is 1. The zero-order chi connectivity index (χ0) is 27.2. The van der Waals surface area contributed by atoms with E-state index in [1.807, 2.05) is 34.6 Å². The molecule has 3 rings (SSSR count). The van der Waals surface area contributed by atoms with Crippen molar-refractivity contribution < 1.29 is 24.2 Å². The molecule has 3 heterocycles. The quantitative estimate of drug-likeness (QED) is 0.349. The van der Waals surface area contributed by atoms with Gasteiger partial charge in [-0.1, -0.05) is 63.9 Å². The molecule has 0 aromatic rings.